The molecule has 9 nitrogen and oxygen atoms in total. The van der Waals surface area contributed by atoms with Gasteiger partial charge in [-0.25, -0.2) is 13.1 Å². The summed E-state index contributed by atoms with van der Waals surface area (Å²) in [5.41, 5.74) is 1.62. The van der Waals surface area contributed by atoms with Gasteiger partial charge >= 0.3 is 5.97 Å². The van der Waals surface area contributed by atoms with Gasteiger partial charge in [0, 0.05) is 6.54 Å². The first kappa shape index (κ1) is 22.4. The summed E-state index contributed by atoms with van der Waals surface area (Å²) >= 11 is 0. The molecule has 3 aromatic rings. The second-order valence-corrected chi connectivity index (χ2v) is 8.33. The zero-order chi connectivity index (χ0) is 22.3. The molecule has 31 heavy (non-hydrogen) atoms. The van der Waals surface area contributed by atoms with Gasteiger partial charge in [0.2, 0.25) is 15.8 Å². The van der Waals surface area contributed by atoms with Crippen LogP contribution in [-0.2, 0) is 26.2 Å². The Bertz CT molecular complexity index is 1130. The standard InChI is InChI=1S/C21H23N3O6S/c1-3-28-18-7-5-4-6-17(18)21-23-19(30-24-21)14-29-20(25)12-13-22-31(26,27)16-10-8-15(2)9-11-16/h4-11,22H,3,12-14H2,1-2H3. The molecule has 0 fully saturated rings. The summed E-state index contributed by atoms with van der Waals surface area (Å²) < 4.78 is 42.6. The van der Waals surface area contributed by atoms with Crippen LogP contribution in [0.25, 0.3) is 11.4 Å². The molecule has 0 bridgehead atoms. The van der Waals surface area contributed by atoms with Crippen molar-refractivity contribution in [2.24, 2.45) is 0 Å². The van der Waals surface area contributed by atoms with Crippen molar-refractivity contribution in [3.05, 3.63) is 60.0 Å². The van der Waals surface area contributed by atoms with Crippen LogP contribution in [0.4, 0.5) is 0 Å². The summed E-state index contributed by atoms with van der Waals surface area (Å²) in [6, 6.07) is 13.7. The average Bonchev–Trinajstić information content (AvgIpc) is 3.22. The lowest BCUT2D eigenvalue weighted by Crippen LogP contribution is -2.26. The van der Waals surface area contributed by atoms with Crippen molar-refractivity contribution in [1.29, 1.82) is 0 Å². The first-order chi connectivity index (χ1) is 14.9. The number of esters is 1. The lowest BCUT2D eigenvalue weighted by Gasteiger charge is -2.07. The molecule has 1 aromatic heterocycles. The van der Waals surface area contributed by atoms with Crippen molar-refractivity contribution in [2.45, 2.75) is 31.8 Å². The molecule has 0 radical (unpaired) electrons. The minimum atomic E-state index is -3.69. The third-order valence-corrected chi connectivity index (χ3v) is 5.68. The van der Waals surface area contributed by atoms with Crippen LogP contribution in [0.2, 0.25) is 0 Å². The number of hydrogen-bond acceptors (Lipinski definition) is 8. The van der Waals surface area contributed by atoms with Gasteiger partial charge in [-0.3, -0.25) is 4.79 Å². The Labute approximate surface area is 180 Å². The molecule has 3 rings (SSSR count). The van der Waals surface area contributed by atoms with Crippen LogP contribution in [0.5, 0.6) is 5.75 Å². The summed E-state index contributed by atoms with van der Waals surface area (Å²) in [6.45, 7) is 3.93. The van der Waals surface area contributed by atoms with E-state index in [1.165, 1.54) is 12.1 Å². The number of aryl methyl sites for hydroxylation is 1. The van der Waals surface area contributed by atoms with Gasteiger partial charge in [-0.15, -0.1) is 0 Å². The lowest BCUT2D eigenvalue weighted by atomic mass is 10.2. The molecule has 2 aromatic carbocycles. The number of nitrogens with one attached hydrogen (secondary N) is 1. The highest BCUT2D eigenvalue weighted by molar-refractivity contribution is 7.89. The highest BCUT2D eigenvalue weighted by atomic mass is 32.2. The van der Waals surface area contributed by atoms with Gasteiger partial charge in [0.05, 0.1) is 23.5 Å². The minimum Gasteiger partial charge on any atom is -0.493 e. The molecule has 0 spiro atoms. The van der Waals surface area contributed by atoms with Gasteiger partial charge in [0.25, 0.3) is 5.89 Å². The van der Waals surface area contributed by atoms with Gasteiger partial charge < -0.3 is 14.0 Å². The Morgan fingerprint density at radius 3 is 2.61 bits per heavy atom. The normalized spacial score (nSPS) is 11.3. The summed E-state index contributed by atoms with van der Waals surface area (Å²) in [5.74, 6) is 0.465. The molecule has 0 aliphatic rings. The number of aromatic nitrogens is 2. The second-order valence-electron chi connectivity index (χ2n) is 6.56. The number of carbonyl (C=O) groups is 1. The van der Waals surface area contributed by atoms with Crippen molar-refractivity contribution in [1.82, 2.24) is 14.9 Å². The SMILES string of the molecule is CCOc1ccccc1-c1noc(COC(=O)CCNS(=O)(=O)c2ccc(C)cc2)n1. The molecule has 164 valence electrons. The van der Waals surface area contributed by atoms with Gasteiger partial charge in [-0.1, -0.05) is 35.0 Å². The quantitative estimate of drug-likeness (QED) is 0.473. The van der Waals surface area contributed by atoms with Crippen molar-refractivity contribution in [3.8, 4) is 17.1 Å². The molecule has 0 amide bonds. The molecule has 0 saturated carbocycles. The molecule has 1 heterocycles. The fourth-order valence-corrected chi connectivity index (χ4v) is 3.69. The van der Waals surface area contributed by atoms with E-state index in [2.05, 4.69) is 14.9 Å². The van der Waals surface area contributed by atoms with Crippen molar-refractivity contribution in [2.75, 3.05) is 13.2 Å². The molecule has 0 aliphatic carbocycles. The van der Waals surface area contributed by atoms with Crippen LogP contribution in [0.3, 0.4) is 0 Å². The van der Waals surface area contributed by atoms with Crippen LogP contribution < -0.4 is 9.46 Å². The Morgan fingerprint density at radius 2 is 1.87 bits per heavy atom. The van der Waals surface area contributed by atoms with E-state index in [0.29, 0.717) is 23.7 Å². The van der Waals surface area contributed by atoms with Crippen LogP contribution >= 0.6 is 0 Å². The summed E-state index contributed by atoms with van der Waals surface area (Å²) in [5, 5.41) is 3.89. The number of sulfonamides is 1. The number of para-hydroxylation sites is 1. The van der Waals surface area contributed by atoms with Crippen molar-refractivity contribution < 1.29 is 27.2 Å². The van der Waals surface area contributed by atoms with E-state index in [-0.39, 0.29) is 30.4 Å². The van der Waals surface area contributed by atoms with Gasteiger partial charge in [-0.05, 0) is 38.1 Å². The van der Waals surface area contributed by atoms with E-state index in [1.54, 1.807) is 24.3 Å². The topological polar surface area (TPSA) is 121 Å². The average molecular weight is 445 g/mol. The summed E-state index contributed by atoms with van der Waals surface area (Å²) in [7, 11) is -3.69. The predicted molar refractivity (Wildman–Crippen MR) is 112 cm³/mol. The summed E-state index contributed by atoms with van der Waals surface area (Å²) in [4.78, 5) is 16.3. The maximum atomic E-state index is 12.2. The van der Waals surface area contributed by atoms with Crippen LogP contribution in [0.15, 0.2) is 57.9 Å². The number of ether oxygens (including phenoxy) is 2. The third-order valence-electron chi connectivity index (χ3n) is 4.21. The largest absolute Gasteiger partial charge is 0.493 e. The fourth-order valence-electron chi connectivity index (χ4n) is 2.66. The van der Waals surface area contributed by atoms with Crippen LogP contribution in [0, 0.1) is 6.92 Å². The molecule has 0 unspecified atom stereocenters. The smallest absolute Gasteiger partial charge is 0.307 e. The Kier molecular flexibility index (Phi) is 7.37. The Balaban J connectivity index is 1.49. The first-order valence-electron chi connectivity index (χ1n) is 9.66. The minimum absolute atomic E-state index is 0.0914. The first-order valence-corrected chi connectivity index (χ1v) is 11.1. The number of hydrogen-bond donors (Lipinski definition) is 1. The number of rotatable bonds is 10. The Hall–Kier alpha value is -3.24. The molecule has 1 N–H and O–H groups in total. The van der Waals surface area contributed by atoms with Gasteiger partial charge in [-0.2, -0.15) is 4.98 Å². The van der Waals surface area contributed by atoms with E-state index in [9.17, 15) is 13.2 Å². The predicted octanol–water partition coefficient (Wildman–Crippen LogP) is 2.86. The maximum absolute atomic E-state index is 12.2. The second kappa shape index (κ2) is 10.2. The highest BCUT2D eigenvalue weighted by Gasteiger charge is 2.16. The van der Waals surface area contributed by atoms with E-state index in [0.717, 1.165) is 5.56 Å². The molecular weight excluding hydrogens is 422 g/mol. The maximum Gasteiger partial charge on any atom is 0.307 e. The summed E-state index contributed by atoms with van der Waals surface area (Å²) in [6.07, 6.45) is -0.140. The molecular formula is C21H23N3O6S. The van der Waals surface area contributed by atoms with E-state index < -0.39 is 16.0 Å². The van der Waals surface area contributed by atoms with Crippen LogP contribution in [0.1, 0.15) is 24.8 Å². The fraction of sp³-hybridized carbons (Fsp3) is 0.286. The zero-order valence-corrected chi connectivity index (χ0v) is 18.0. The third kappa shape index (κ3) is 6.12. The van der Waals surface area contributed by atoms with Crippen molar-refractivity contribution in [3.63, 3.8) is 0 Å². The van der Waals surface area contributed by atoms with E-state index >= 15 is 0 Å². The monoisotopic (exact) mass is 445 g/mol. The lowest BCUT2D eigenvalue weighted by molar-refractivity contribution is -0.145. The number of benzene rings is 2. The van der Waals surface area contributed by atoms with Crippen LogP contribution in [-0.4, -0.2) is 37.7 Å². The molecule has 10 heteroatoms. The number of nitrogens with zero attached hydrogens (tertiary/aromatic N) is 2. The molecule has 0 saturated heterocycles. The molecule has 0 aliphatic heterocycles. The Morgan fingerprint density at radius 1 is 1.13 bits per heavy atom. The van der Waals surface area contributed by atoms with E-state index in [1.807, 2.05) is 26.0 Å². The number of carbonyl (C=O) groups excluding carboxylic acids is 1. The highest BCUT2D eigenvalue weighted by Crippen LogP contribution is 2.27. The zero-order valence-electron chi connectivity index (χ0n) is 17.2. The van der Waals surface area contributed by atoms with Gasteiger partial charge in [0.1, 0.15) is 5.75 Å². The van der Waals surface area contributed by atoms with E-state index in [4.69, 9.17) is 14.0 Å². The molecule has 0 atom stereocenters. The van der Waals surface area contributed by atoms with Crippen molar-refractivity contribution >= 4 is 16.0 Å². The van der Waals surface area contributed by atoms with Gasteiger partial charge in [0.15, 0.2) is 6.61 Å².